The van der Waals surface area contributed by atoms with Crippen LogP contribution in [0.3, 0.4) is 0 Å². The molecule has 3 heterocycles. The van der Waals surface area contributed by atoms with E-state index in [1.165, 1.54) is 12.8 Å². The van der Waals surface area contributed by atoms with Gasteiger partial charge in [-0.3, -0.25) is 9.69 Å². The summed E-state index contributed by atoms with van der Waals surface area (Å²) in [4.78, 5) is 17.8. The fraction of sp³-hybridized carbons (Fsp3) is 0.938. The first kappa shape index (κ1) is 15.3. The molecule has 120 valence electrons. The summed E-state index contributed by atoms with van der Waals surface area (Å²) in [5.41, 5.74) is -0.290. The maximum atomic E-state index is 13.2. The molecular formula is C16H29N3O2. The summed E-state index contributed by atoms with van der Waals surface area (Å²) in [6.45, 7) is 4.24. The van der Waals surface area contributed by atoms with E-state index in [4.69, 9.17) is 4.74 Å². The molecule has 3 saturated heterocycles. The summed E-state index contributed by atoms with van der Waals surface area (Å²) in [5.74, 6) is 0.340. The Balaban J connectivity index is 1.73. The van der Waals surface area contributed by atoms with E-state index in [2.05, 4.69) is 22.2 Å². The Morgan fingerprint density at radius 2 is 1.95 bits per heavy atom. The lowest BCUT2D eigenvalue weighted by molar-refractivity contribution is -0.148. The minimum absolute atomic E-state index is 0.290. The zero-order valence-corrected chi connectivity index (χ0v) is 13.4. The van der Waals surface area contributed by atoms with Gasteiger partial charge in [0, 0.05) is 32.3 Å². The molecule has 0 saturated carbocycles. The van der Waals surface area contributed by atoms with Crippen LogP contribution in [0.2, 0.25) is 0 Å². The van der Waals surface area contributed by atoms with E-state index in [9.17, 15) is 4.79 Å². The van der Waals surface area contributed by atoms with E-state index in [1.807, 2.05) is 0 Å². The number of hydrogen-bond donors (Lipinski definition) is 1. The molecule has 0 aromatic heterocycles. The smallest absolute Gasteiger partial charge is 0.231 e. The first-order chi connectivity index (χ1) is 10.2. The number of methoxy groups -OCH3 is 1. The third-order valence-electron chi connectivity index (χ3n) is 5.87. The lowest BCUT2D eigenvalue weighted by atomic mass is 9.78. The van der Waals surface area contributed by atoms with Crippen molar-refractivity contribution in [2.75, 3.05) is 46.9 Å². The summed E-state index contributed by atoms with van der Waals surface area (Å²) < 4.78 is 5.43. The number of nitrogens with zero attached hydrogens (tertiary/aromatic N) is 2. The average molecular weight is 295 g/mol. The van der Waals surface area contributed by atoms with Crippen LogP contribution in [0.15, 0.2) is 0 Å². The number of rotatable bonds is 3. The summed E-state index contributed by atoms with van der Waals surface area (Å²) in [6.07, 6.45) is 5.47. The minimum atomic E-state index is -0.290. The highest BCUT2D eigenvalue weighted by atomic mass is 16.5. The number of piperidine rings is 1. The van der Waals surface area contributed by atoms with Gasteiger partial charge < -0.3 is 15.0 Å². The van der Waals surface area contributed by atoms with Crippen molar-refractivity contribution >= 4 is 5.91 Å². The first-order valence-corrected chi connectivity index (χ1v) is 8.37. The fourth-order valence-corrected chi connectivity index (χ4v) is 4.43. The van der Waals surface area contributed by atoms with Crippen molar-refractivity contribution in [2.45, 2.75) is 44.2 Å². The quantitative estimate of drug-likeness (QED) is 0.832. The Morgan fingerprint density at radius 3 is 2.67 bits per heavy atom. The summed E-state index contributed by atoms with van der Waals surface area (Å²) in [5, 5.41) is 3.37. The molecule has 2 unspecified atom stereocenters. The zero-order chi connectivity index (χ0) is 14.9. The fourth-order valence-electron chi connectivity index (χ4n) is 4.43. The van der Waals surface area contributed by atoms with Crippen molar-refractivity contribution in [3.05, 3.63) is 0 Å². The molecule has 3 fully saturated rings. The minimum Gasteiger partial charge on any atom is -0.384 e. The van der Waals surface area contributed by atoms with Gasteiger partial charge in [0.1, 0.15) is 0 Å². The molecule has 21 heavy (non-hydrogen) atoms. The summed E-state index contributed by atoms with van der Waals surface area (Å²) in [6, 6.07) is 1.24. The molecule has 3 rings (SSSR count). The first-order valence-electron chi connectivity index (χ1n) is 8.37. The third-order valence-corrected chi connectivity index (χ3v) is 5.87. The van der Waals surface area contributed by atoms with E-state index < -0.39 is 0 Å². The molecule has 0 aromatic carbocycles. The standard InChI is InChI=1S/C16H29N3O2/c1-18-13-3-4-14(18)11-19(10-5-13)15(20)16(12-21-2)6-8-17-9-7-16/h13-14,17H,3-12H2,1-2H3. The maximum absolute atomic E-state index is 13.2. The molecule has 3 aliphatic rings. The van der Waals surface area contributed by atoms with Crippen molar-refractivity contribution in [2.24, 2.45) is 5.41 Å². The molecule has 0 aromatic rings. The predicted molar refractivity (Wildman–Crippen MR) is 82.2 cm³/mol. The molecule has 3 aliphatic heterocycles. The summed E-state index contributed by atoms with van der Waals surface area (Å²) in [7, 11) is 3.95. The highest BCUT2D eigenvalue weighted by molar-refractivity contribution is 5.83. The number of nitrogens with one attached hydrogen (secondary N) is 1. The lowest BCUT2D eigenvalue weighted by Gasteiger charge is -2.40. The number of likely N-dealkylation sites (N-methyl/N-ethyl adjacent to an activating group) is 1. The monoisotopic (exact) mass is 295 g/mol. The van der Waals surface area contributed by atoms with Gasteiger partial charge in [-0.15, -0.1) is 0 Å². The molecule has 2 bridgehead atoms. The Hall–Kier alpha value is -0.650. The van der Waals surface area contributed by atoms with Crippen LogP contribution in [-0.4, -0.2) is 74.7 Å². The van der Waals surface area contributed by atoms with E-state index >= 15 is 0 Å². The topological polar surface area (TPSA) is 44.8 Å². The zero-order valence-electron chi connectivity index (χ0n) is 13.4. The van der Waals surface area contributed by atoms with Crippen molar-refractivity contribution < 1.29 is 9.53 Å². The molecule has 5 nitrogen and oxygen atoms in total. The molecule has 1 N–H and O–H groups in total. The van der Waals surface area contributed by atoms with Gasteiger partial charge in [-0.05, 0) is 52.2 Å². The number of hydrogen-bond acceptors (Lipinski definition) is 4. The van der Waals surface area contributed by atoms with Crippen molar-refractivity contribution in [3.8, 4) is 0 Å². The van der Waals surface area contributed by atoms with Crippen LogP contribution in [0.1, 0.15) is 32.1 Å². The molecule has 2 atom stereocenters. The van der Waals surface area contributed by atoms with E-state index in [1.54, 1.807) is 7.11 Å². The normalized spacial score (nSPS) is 33.0. The SMILES string of the molecule is COCC1(C(=O)N2CCC3CCC(C2)N3C)CCNCC1. The van der Waals surface area contributed by atoms with Gasteiger partial charge in [-0.2, -0.15) is 0 Å². The van der Waals surface area contributed by atoms with Crippen molar-refractivity contribution in [1.29, 1.82) is 0 Å². The van der Waals surface area contributed by atoms with E-state index in [0.29, 0.717) is 24.6 Å². The average Bonchev–Trinajstić information content (AvgIpc) is 2.73. The molecular weight excluding hydrogens is 266 g/mol. The van der Waals surface area contributed by atoms with Gasteiger partial charge in [0.25, 0.3) is 0 Å². The Bertz CT molecular complexity index is 376. The number of fused-ring (bicyclic) bond motifs is 2. The number of carbonyl (C=O) groups excluding carboxylic acids is 1. The van der Waals surface area contributed by atoms with Crippen LogP contribution in [0.25, 0.3) is 0 Å². The van der Waals surface area contributed by atoms with Gasteiger partial charge in [0.05, 0.1) is 12.0 Å². The van der Waals surface area contributed by atoms with Gasteiger partial charge in [0.15, 0.2) is 0 Å². The number of likely N-dealkylation sites (tertiary alicyclic amines) is 1. The predicted octanol–water partition coefficient (Wildman–Crippen LogP) is 0.698. The molecule has 5 heteroatoms. The second-order valence-corrected chi connectivity index (χ2v) is 7.05. The Morgan fingerprint density at radius 1 is 1.24 bits per heavy atom. The lowest BCUT2D eigenvalue weighted by Crippen LogP contribution is -2.53. The Labute approximate surface area is 128 Å². The van der Waals surface area contributed by atoms with E-state index in [0.717, 1.165) is 45.4 Å². The largest absolute Gasteiger partial charge is 0.384 e. The Kier molecular flexibility index (Phi) is 4.52. The second-order valence-electron chi connectivity index (χ2n) is 7.05. The highest BCUT2D eigenvalue weighted by Gasteiger charge is 2.44. The van der Waals surface area contributed by atoms with Crippen LogP contribution >= 0.6 is 0 Å². The van der Waals surface area contributed by atoms with Crippen LogP contribution in [0, 0.1) is 5.41 Å². The van der Waals surface area contributed by atoms with Gasteiger partial charge in [-0.1, -0.05) is 0 Å². The molecule has 0 aliphatic carbocycles. The van der Waals surface area contributed by atoms with Crippen LogP contribution in [-0.2, 0) is 9.53 Å². The van der Waals surface area contributed by atoms with Gasteiger partial charge >= 0.3 is 0 Å². The van der Waals surface area contributed by atoms with Crippen LogP contribution < -0.4 is 5.32 Å². The summed E-state index contributed by atoms with van der Waals surface area (Å²) >= 11 is 0. The number of carbonyl (C=O) groups is 1. The van der Waals surface area contributed by atoms with Crippen LogP contribution in [0.5, 0.6) is 0 Å². The molecule has 1 amide bonds. The highest BCUT2D eigenvalue weighted by Crippen LogP contribution is 2.35. The molecule has 0 spiro atoms. The van der Waals surface area contributed by atoms with Gasteiger partial charge in [-0.25, -0.2) is 0 Å². The second kappa shape index (κ2) is 6.23. The van der Waals surface area contributed by atoms with Gasteiger partial charge in [0.2, 0.25) is 5.91 Å². The number of amides is 1. The van der Waals surface area contributed by atoms with Crippen LogP contribution in [0.4, 0.5) is 0 Å². The molecule has 0 radical (unpaired) electrons. The van der Waals surface area contributed by atoms with Crippen molar-refractivity contribution in [1.82, 2.24) is 15.1 Å². The third kappa shape index (κ3) is 2.83. The maximum Gasteiger partial charge on any atom is 0.231 e. The van der Waals surface area contributed by atoms with Crippen molar-refractivity contribution in [3.63, 3.8) is 0 Å². The number of ether oxygens (including phenoxy) is 1. The van der Waals surface area contributed by atoms with E-state index in [-0.39, 0.29) is 5.41 Å².